The van der Waals surface area contributed by atoms with Gasteiger partial charge in [0.15, 0.2) is 11.6 Å². The Hall–Kier alpha value is -4.64. The van der Waals surface area contributed by atoms with Crippen molar-refractivity contribution in [3.05, 3.63) is 96.3 Å². The number of benzene rings is 2. The first-order chi connectivity index (χ1) is 20.0. The first-order valence-electron chi connectivity index (χ1n) is 13.9. The lowest BCUT2D eigenvalue weighted by Gasteiger charge is -2.43. The summed E-state index contributed by atoms with van der Waals surface area (Å²) in [7, 11) is 0. The average molecular weight is 551 g/mol. The van der Waals surface area contributed by atoms with Crippen LogP contribution in [0.25, 0.3) is 11.5 Å². The molecule has 0 unspecified atom stereocenters. The highest BCUT2D eigenvalue weighted by atomic mass is 16.2. The summed E-state index contributed by atoms with van der Waals surface area (Å²) in [5, 5.41) is 9.22. The molecule has 11 heteroatoms. The molecular weight excluding hydrogens is 516 g/mol. The van der Waals surface area contributed by atoms with Gasteiger partial charge in [0.1, 0.15) is 17.7 Å². The largest absolute Gasteiger partial charge is 0.382 e. The van der Waals surface area contributed by atoms with Crippen molar-refractivity contribution in [2.45, 2.75) is 32.5 Å². The first kappa shape index (κ1) is 26.6. The number of fused-ring (bicyclic) bond motifs is 1. The maximum absolute atomic E-state index is 12.7. The number of nitrogens with zero attached hydrogens (tertiary/aromatic N) is 9. The van der Waals surface area contributed by atoms with Crippen LogP contribution in [0, 0.1) is 5.92 Å². The molecule has 3 aromatic rings. The number of nitrogens with two attached hydrogens (primary N) is 1. The quantitative estimate of drug-likeness (QED) is 0.313. The molecule has 4 heterocycles. The Bertz CT molecular complexity index is 1560. The van der Waals surface area contributed by atoms with Gasteiger partial charge in [0, 0.05) is 32.1 Å². The molecule has 11 nitrogen and oxygen atoms in total. The first-order valence-corrected chi connectivity index (χ1v) is 13.9. The lowest BCUT2D eigenvalue weighted by atomic mass is 9.91. The van der Waals surface area contributed by atoms with E-state index in [4.69, 9.17) is 5.73 Å². The molecule has 1 saturated heterocycles. The van der Waals surface area contributed by atoms with E-state index >= 15 is 0 Å². The van der Waals surface area contributed by atoms with E-state index in [0.29, 0.717) is 37.0 Å². The molecule has 1 fully saturated rings. The fraction of sp³-hybridized carbons (Fsp3) is 0.333. The van der Waals surface area contributed by atoms with Gasteiger partial charge in [-0.05, 0) is 11.1 Å². The Kier molecular flexibility index (Phi) is 7.43. The van der Waals surface area contributed by atoms with Crippen LogP contribution >= 0.6 is 0 Å². The molecule has 3 aliphatic rings. The van der Waals surface area contributed by atoms with Crippen molar-refractivity contribution >= 4 is 11.7 Å². The molecule has 1 amide bonds. The van der Waals surface area contributed by atoms with E-state index in [1.807, 2.05) is 46.3 Å². The minimum Gasteiger partial charge on any atom is -0.382 e. The number of aromatic nitrogens is 7. The lowest BCUT2D eigenvalue weighted by Crippen LogP contribution is -2.52. The van der Waals surface area contributed by atoms with Crippen LogP contribution in [0.4, 0.5) is 5.82 Å². The van der Waals surface area contributed by atoms with Crippen LogP contribution in [-0.4, -0.2) is 76.4 Å². The molecule has 210 valence electrons. The fourth-order valence-corrected chi connectivity index (χ4v) is 5.67. The van der Waals surface area contributed by atoms with Gasteiger partial charge in [-0.15, -0.1) is 5.10 Å². The Morgan fingerprint density at radius 3 is 2.20 bits per heavy atom. The maximum atomic E-state index is 12.7. The van der Waals surface area contributed by atoms with Gasteiger partial charge in [-0.2, -0.15) is 0 Å². The molecule has 3 aliphatic heterocycles. The topological polar surface area (TPSA) is 124 Å². The van der Waals surface area contributed by atoms with E-state index in [-0.39, 0.29) is 23.9 Å². The average Bonchev–Trinajstić information content (AvgIpc) is 3.69. The number of nitrogen functional groups attached to an aromatic ring is 1. The summed E-state index contributed by atoms with van der Waals surface area (Å²) in [5.74, 6) is 1.21. The van der Waals surface area contributed by atoms with Crippen molar-refractivity contribution in [1.82, 2.24) is 44.3 Å². The molecule has 0 aliphatic carbocycles. The third kappa shape index (κ3) is 5.40. The zero-order chi connectivity index (χ0) is 28.3. The molecule has 0 radical (unpaired) electrons. The number of carbonyl (C=O) groups excluding carboxylic acids is 1. The number of hydrogen-bond acceptors (Lipinski definition) is 8. The molecule has 1 aromatic heterocycles. The van der Waals surface area contributed by atoms with Crippen LogP contribution in [0.1, 0.15) is 42.8 Å². The second-order valence-corrected chi connectivity index (χ2v) is 10.7. The summed E-state index contributed by atoms with van der Waals surface area (Å²) in [5.41, 5.74) is 9.64. The summed E-state index contributed by atoms with van der Waals surface area (Å²) in [4.78, 5) is 30.1. The Morgan fingerprint density at radius 2 is 1.54 bits per heavy atom. The molecule has 2 atom stereocenters. The van der Waals surface area contributed by atoms with E-state index in [1.54, 1.807) is 6.33 Å². The van der Waals surface area contributed by atoms with Gasteiger partial charge < -0.3 is 15.2 Å². The zero-order valence-corrected chi connectivity index (χ0v) is 23.3. The highest BCUT2D eigenvalue weighted by Gasteiger charge is 2.35. The maximum Gasteiger partial charge on any atom is 0.225 e. The number of hydrogen-bond donors (Lipinski definition) is 1. The Morgan fingerprint density at radius 1 is 0.878 bits per heavy atom. The monoisotopic (exact) mass is 550 g/mol. The lowest BCUT2D eigenvalue weighted by molar-refractivity contribution is -0.136. The minimum atomic E-state index is -0.152. The van der Waals surface area contributed by atoms with E-state index < -0.39 is 0 Å². The van der Waals surface area contributed by atoms with Gasteiger partial charge in [-0.3, -0.25) is 9.69 Å². The van der Waals surface area contributed by atoms with Crippen molar-refractivity contribution in [1.29, 1.82) is 0 Å². The van der Waals surface area contributed by atoms with Crippen LogP contribution in [0.3, 0.4) is 0 Å². The highest BCUT2D eigenvalue weighted by molar-refractivity contribution is 5.78. The van der Waals surface area contributed by atoms with Crippen molar-refractivity contribution in [3.8, 4) is 11.5 Å². The molecule has 2 N–H and O–H groups in total. The molecule has 0 saturated carbocycles. The fourth-order valence-electron chi connectivity index (χ4n) is 5.67. The Labute approximate surface area is 239 Å². The van der Waals surface area contributed by atoms with Crippen molar-refractivity contribution in [2.24, 2.45) is 5.92 Å². The number of imidazole rings is 1. The molecule has 41 heavy (non-hydrogen) atoms. The van der Waals surface area contributed by atoms with Gasteiger partial charge in [-0.1, -0.05) is 79.7 Å². The highest BCUT2D eigenvalue weighted by Crippen LogP contribution is 2.37. The van der Waals surface area contributed by atoms with Crippen LogP contribution in [-0.2, 0) is 11.3 Å². The second kappa shape index (κ2) is 11.5. The van der Waals surface area contributed by atoms with Crippen LogP contribution < -0.4 is 5.73 Å². The predicted octanol–water partition coefficient (Wildman–Crippen LogP) is 3.13. The van der Waals surface area contributed by atoms with E-state index in [1.165, 1.54) is 11.9 Å². The van der Waals surface area contributed by atoms with Gasteiger partial charge in [0.05, 0.1) is 31.2 Å². The minimum absolute atomic E-state index is 0.00757. The summed E-state index contributed by atoms with van der Waals surface area (Å²) in [6, 6.07) is 20.8. The number of amides is 1. The van der Waals surface area contributed by atoms with E-state index in [2.05, 4.69) is 78.7 Å². The third-order valence-electron chi connectivity index (χ3n) is 7.70. The molecule has 0 bridgehead atoms. The van der Waals surface area contributed by atoms with E-state index in [9.17, 15) is 4.79 Å². The number of anilines is 1. The summed E-state index contributed by atoms with van der Waals surface area (Å²) < 4.78 is 3.84. The Balaban J connectivity index is 1.35. The van der Waals surface area contributed by atoms with Gasteiger partial charge in [-0.25, -0.2) is 19.6 Å². The smallest absolute Gasteiger partial charge is 0.225 e. The summed E-state index contributed by atoms with van der Waals surface area (Å²) >= 11 is 0. The normalized spacial score (nSPS) is 15.8. The van der Waals surface area contributed by atoms with Gasteiger partial charge >= 0.3 is 0 Å². The number of carbonyl (C=O) groups is 1. The van der Waals surface area contributed by atoms with Gasteiger partial charge in [0.2, 0.25) is 5.91 Å². The van der Waals surface area contributed by atoms with Crippen LogP contribution in [0.2, 0.25) is 0 Å². The van der Waals surface area contributed by atoms with Crippen LogP contribution in [0.15, 0.2) is 79.5 Å². The van der Waals surface area contributed by atoms with Crippen molar-refractivity contribution in [2.75, 3.05) is 31.9 Å². The molecule has 6 rings (SSSR count). The van der Waals surface area contributed by atoms with Crippen molar-refractivity contribution in [3.63, 3.8) is 0 Å². The number of piperazine rings is 1. The molecule has 2 aromatic carbocycles. The van der Waals surface area contributed by atoms with Gasteiger partial charge in [0.25, 0.3) is 0 Å². The van der Waals surface area contributed by atoms with E-state index in [0.717, 1.165) is 24.3 Å². The standard InChI is InChI=1S/C30H34N10O/c1-21(2)30(41)38-15-13-37(14-16-38)26(22-9-5-3-6-10-22)27(23-11-7-4-8-12-23)40-18-24(35-36-40)17-39-20-34-28(31)25-29(39)33-19-32-25/h3-12,18-21,26-27H,13-17,31H2,1-2H3/t26-,27+/m0/s1. The second-order valence-electron chi connectivity index (χ2n) is 10.7. The molecular formula is C30H34N10O. The summed E-state index contributed by atoms with van der Waals surface area (Å²) in [6.07, 6.45) is 5.14. The predicted molar refractivity (Wildman–Crippen MR) is 155 cm³/mol. The summed E-state index contributed by atoms with van der Waals surface area (Å²) in [6.45, 7) is 7.28. The molecule has 0 spiro atoms. The van der Waals surface area contributed by atoms with Crippen molar-refractivity contribution < 1.29 is 4.79 Å². The number of rotatable bonds is 8. The SMILES string of the molecule is CC(C)C(=O)N1CCN([C@@H](c2ccccc2)[C@@H](c2ccccc2)n2cc(Cn3cnc(N)c4ncnc3-4)nn2)CC1. The third-order valence-corrected chi connectivity index (χ3v) is 7.70. The van der Waals surface area contributed by atoms with Crippen LogP contribution in [0.5, 0.6) is 0 Å². The zero-order valence-electron chi connectivity index (χ0n) is 23.3.